The Morgan fingerprint density at radius 1 is 0.818 bits per heavy atom. The van der Waals surface area contributed by atoms with Crippen LogP contribution >= 0.6 is 0 Å². The first-order valence-corrected chi connectivity index (χ1v) is 13.6. The number of nitrogens with zero attached hydrogens (tertiary/aromatic N) is 2. The molecule has 1 aliphatic heterocycles. The summed E-state index contributed by atoms with van der Waals surface area (Å²) in [5.74, 6) is 1.23. The number of anilines is 1. The van der Waals surface area contributed by atoms with Gasteiger partial charge >= 0.3 is 0 Å². The van der Waals surface area contributed by atoms with E-state index in [2.05, 4.69) is 30.0 Å². The van der Waals surface area contributed by atoms with E-state index in [1.165, 1.54) is 77.0 Å². The fourth-order valence-electron chi connectivity index (χ4n) is 4.59. The Bertz CT molecular complexity index is 665. The van der Waals surface area contributed by atoms with Crippen LogP contribution in [0.3, 0.4) is 0 Å². The highest BCUT2D eigenvalue weighted by Gasteiger charge is 2.22. The van der Waals surface area contributed by atoms with E-state index >= 15 is 0 Å². The Balaban J connectivity index is 1.44. The number of para-hydroxylation sites is 2. The smallest absolute Gasteiger partial charge is 0.222 e. The molecule has 0 unspecified atom stereocenters. The fraction of sp³-hybridized carbons (Fsp3) is 0.690. The van der Waals surface area contributed by atoms with Crippen molar-refractivity contribution in [1.29, 1.82) is 0 Å². The lowest BCUT2D eigenvalue weighted by molar-refractivity contribution is -0.131. The highest BCUT2D eigenvalue weighted by atomic mass is 16.5. The van der Waals surface area contributed by atoms with Crippen molar-refractivity contribution in [2.24, 2.45) is 0 Å². The van der Waals surface area contributed by atoms with Crippen molar-refractivity contribution in [3.63, 3.8) is 0 Å². The zero-order valence-corrected chi connectivity index (χ0v) is 21.4. The molecule has 1 aromatic rings. The van der Waals surface area contributed by atoms with Gasteiger partial charge in [0.2, 0.25) is 5.91 Å². The molecule has 186 valence electrons. The number of methoxy groups -OCH3 is 1. The highest BCUT2D eigenvalue weighted by Crippen LogP contribution is 2.28. The van der Waals surface area contributed by atoms with Crippen molar-refractivity contribution in [2.75, 3.05) is 38.2 Å². The van der Waals surface area contributed by atoms with Gasteiger partial charge in [-0.05, 0) is 44.2 Å². The highest BCUT2D eigenvalue weighted by molar-refractivity contribution is 5.76. The number of ether oxygens (including phenoxy) is 1. The van der Waals surface area contributed by atoms with Crippen LogP contribution in [0.25, 0.3) is 0 Å². The summed E-state index contributed by atoms with van der Waals surface area (Å²) in [6, 6.07) is 8.14. The lowest BCUT2D eigenvalue weighted by atomic mass is 10.1. The Morgan fingerprint density at radius 3 is 2.03 bits per heavy atom. The van der Waals surface area contributed by atoms with Gasteiger partial charge in [-0.15, -0.1) is 0 Å². The Morgan fingerprint density at radius 2 is 1.39 bits per heavy atom. The van der Waals surface area contributed by atoms with E-state index in [0.717, 1.165) is 44.0 Å². The molecule has 1 aromatic carbocycles. The van der Waals surface area contributed by atoms with Crippen molar-refractivity contribution < 1.29 is 9.53 Å². The molecule has 4 nitrogen and oxygen atoms in total. The maximum atomic E-state index is 12.6. The monoisotopic (exact) mass is 456 g/mol. The zero-order chi connectivity index (χ0) is 23.6. The number of carbonyl (C=O) groups excluding carboxylic acids is 1. The largest absolute Gasteiger partial charge is 0.495 e. The summed E-state index contributed by atoms with van der Waals surface area (Å²) in [5.41, 5.74) is 1.13. The third-order valence-corrected chi connectivity index (χ3v) is 6.71. The average molecular weight is 457 g/mol. The van der Waals surface area contributed by atoms with Crippen LogP contribution in [0.15, 0.2) is 36.4 Å². The number of hydrogen-bond acceptors (Lipinski definition) is 3. The molecule has 1 aliphatic rings. The summed E-state index contributed by atoms with van der Waals surface area (Å²) in [7, 11) is 1.71. The first-order chi connectivity index (χ1) is 16.3. The van der Waals surface area contributed by atoms with Gasteiger partial charge in [0, 0.05) is 32.6 Å². The minimum absolute atomic E-state index is 0.326. The van der Waals surface area contributed by atoms with Crippen LogP contribution in [0.1, 0.15) is 96.8 Å². The number of carbonyl (C=O) groups is 1. The summed E-state index contributed by atoms with van der Waals surface area (Å²) >= 11 is 0. The summed E-state index contributed by atoms with van der Waals surface area (Å²) < 4.78 is 5.48. The number of unbranched alkanes of at least 4 members (excludes halogenated alkanes) is 11. The second kappa shape index (κ2) is 17.5. The number of hydrogen-bond donors (Lipinski definition) is 0. The fourth-order valence-corrected chi connectivity index (χ4v) is 4.59. The molecule has 0 N–H and O–H groups in total. The van der Waals surface area contributed by atoms with Gasteiger partial charge in [-0.2, -0.15) is 0 Å². The topological polar surface area (TPSA) is 32.8 Å². The van der Waals surface area contributed by atoms with Crippen LogP contribution in [0, 0.1) is 0 Å². The molecule has 0 saturated carbocycles. The van der Waals surface area contributed by atoms with Crippen molar-refractivity contribution in [2.45, 2.75) is 96.8 Å². The van der Waals surface area contributed by atoms with Gasteiger partial charge in [-0.1, -0.05) is 82.6 Å². The first kappa shape index (κ1) is 27.3. The van der Waals surface area contributed by atoms with Crippen molar-refractivity contribution in [1.82, 2.24) is 4.90 Å². The number of allylic oxidation sites excluding steroid dienone is 2. The summed E-state index contributed by atoms with van der Waals surface area (Å²) in [6.07, 6.45) is 22.2. The summed E-state index contributed by atoms with van der Waals surface area (Å²) in [5, 5.41) is 0. The number of piperazine rings is 1. The molecule has 1 fully saturated rings. The normalized spacial score (nSPS) is 14.2. The lowest BCUT2D eigenvalue weighted by Crippen LogP contribution is -2.48. The van der Waals surface area contributed by atoms with Gasteiger partial charge in [0.05, 0.1) is 12.8 Å². The number of amides is 1. The molecule has 0 atom stereocenters. The van der Waals surface area contributed by atoms with Gasteiger partial charge in [0.15, 0.2) is 0 Å². The molecule has 4 heteroatoms. The Hall–Kier alpha value is -1.97. The summed E-state index contributed by atoms with van der Waals surface area (Å²) in [6.45, 7) is 5.64. The molecule has 1 heterocycles. The van der Waals surface area contributed by atoms with Crippen LogP contribution in [0.5, 0.6) is 5.75 Å². The predicted octanol–water partition coefficient (Wildman–Crippen LogP) is 7.38. The van der Waals surface area contributed by atoms with Gasteiger partial charge in [0.1, 0.15) is 5.75 Å². The molecule has 0 aliphatic carbocycles. The van der Waals surface area contributed by atoms with Crippen molar-refractivity contribution in [3.05, 3.63) is 36.4 Å². The molecule has 0 radical (unpaired) electrons. The van der Waals surface area contributed by atoms with E-state index in [1.807, 2.05) is 23.1 Å². The molecule has 2 rings (SSSR count). The van der Waals surface area contributed by atoms with E-state index in [1.54, 1.807) is 7.11 Å². The van der Waals surface area contributed by atoms with Crippen molar-refractivity contribution >= 4 is 11.6 Å². The molecular formula is C29H48N2O2. The van der Waals surface area contributed by atoms with Gasteiger partial charge in [-0.3, -0.25) is 4.79 Å². The maximum absolute atomic E-state index is 12.6. The average Bonchev–Trinajstić information content (AvgIpc) is 2.86. The third-order valence-electron chi connectivity index (χ3n) is 6.71. The zero-order valence-electron chi connectivity index (χ0n) is 21.4. The second-order valence-corrected chi connectivity index (χ2v) is 9.37. The van der Waals surface area contributed by atoms with Crippen LogP contribution < -0.4 is 9.64 Å². The van der Waals surface area contributed by atoms with E-state index in [4.69, 9.17) is 4.74 Å². The van der Waals surface area contributed by atoms with E-state index in [-0.39, 0.29) is 0 Å². The molecule has 0 aromatic heterocycles. The van der Waals surface area contributed by atoms with E-state index in [0.29, 0.717) is 12.3 Å². The number of rotatable bonds is 17. The molecule has 0 bridgehead atoms. The van der Waals surface area contributed by atoms with Crippen LogP contribution in [-0.4, -0.2) is 44.1 Å². The minimum atomic E-state index is 0.326. The lowest BCUT2D eigenvalue weighted by Gasteiger charge is -2.36. The second-order valence-electron chi connectivity index (χ2n) is 9.37. The maximum Gasteiger partial charge on any atom is 0.222 e. The van der Waals surface area contributed by atoms with Crippen LogP contribution in [-0.2, 0) is 4.79 Å². The molecule has 33 heavy (non-hydrogen) atoms. The molecular weight excluding hydrogens is 408 g/mol. The Kier molecular flexibility index (Phi) is 14.5. The molecule has 0 spiro atoms. The van der Waals surface area contributed by atoms with Crippen molar-refractivity contribution in [3.8, 4) is 5.75 Å². The third kappa shape index (κ3) is 11.1. The molecule has 1 amide bonds. The van der Waals surface area contributed by atoms with Gasteiger partial charge in [0.25, 0.3) is 0 Å². The molecule has 1 saturated heterocycles. The summed E-state index contributed by atoms with van der Waals surface area (Å²) in [4.78, 5) is 16.9. The quantitative estimate of drug-likeness (QED) is 0.181. The standard InChI is InChI=1S/C29H48N2O2/c1-3-4-5-6-7-8-9-10-11-12-13-14-15-16-17-22-29(32)31-25-23-30(24-26-31)27-20-18-19-21-28(27)33-2/h10-11,18-21H,3-9,12-17,22-26H2,1-2H3/b11-10-. The van der Waals surface area contributed by atoms with Crippen LogP contribution in [0.4, 0.5) is 5.69 Å². The predicted molar refractivity (Wildman–Crippen MR) is 141 cm³/mol. The SMILES string of the molecule is CCCCCCCC/C=C\CCCCCCCC(=O)N1CCN(c2ccccc2OC)CC1. The van der Waals surface area contributed by atoms with E-state index in [9.17, 15) is 4.79 Å². The van der Waals surface area contributed by atoms with Crippen LogP contribution in [0.2, 0.25) is 0 Å². The number of benzene rings is 1. The van der Waals surface area contributed by atoms with E-state index < -0.39 is 0 Å². The Labute approximate surface area is 203 Å². The van der Waals surface area contributed by atoms with Gasteiger partial charge < -0.3 is 14.5 Å². The first-order valence-electron chi connectivity index (χ1n) is 13.6. The minimum Gasteiger partial charge on any atom is -0.495 e. The van der Waals surface area contributed by atoms with Gasteiger partial charge in [-0.25, -0.2) is 0 Å².